The monoisotopic (exact) mass is 315 g/mol. The minimum atomic E-state index is 0.247. The molecule has 122 valence electrons. The van der Waals surface area contributed by atoms with Gasteiger partial charge in [0.05, 0.1) is 13.7 Å². The highest BCUT2D eigenvalue weighted by Gasteiger charge is 2.18. The van der Waals surface area contributed by atoms with Gasteiger partial charge in [0.15, 0.2) is 11.5 Å². The van der Waals surface area contributed by atoms with Crippen LogP contribution < -0.4 is 24.3 Å². The molecule has 0 unspecified atom stereocenters. The lowest BCUT2D eigenvalue weighted by atomic mass is 10.0. The zero-order chi connectivity index (χ0) is 16.1. The van der Waals surface area contributed by atoms with E-state index in [2.05, 4.69) is 5.32 Å². The fraction of sp³-hybridized carbons (Fsp3) is 0.333. The molecule has 2 aromatic rings. The molecule has 0 radical (unpaired) electrons. The van der Waals surface area contributed by atoms with Gasteiger partial charge in [0, 0.05) is 11.6 Å². The molecule has 1 N–H and O–H groups in total. The Kier molecular flexibility index (Phi) is 4.88. The smallest absolute Gasteiger partial charge is 0.231 e. The van der Waals surface area contributed by atoms with E-state index in [1.54, 1.807) is 7.11 Å². The molecule has 0 aromatic heterocycles. The third-order valence-corrected chi connectivity index (χ3v) is 3.68. The van der Waals surface area contributed by atoms with E-state index >= 15 is 0 Å². The molecule has 5 nitrogen and oxygen atoms in total. The Morgan fingerprint density at radius 3 is 2.74 bits per heavy atom. The zero-order valence-corrected chi connectivity index (χ0v) is 13.4. The van der Waals surface area contributed by atoms with Crippen LogP contribution in [-0.2, 0) is 0 Å². The van der Waals surface area contributed by atoms with E-state index in [0.29, 0.717) is 12.4 Å². The maximum atomic E-state index is 5.80. The molecule has 1 heterocycles. The van der Waals surface area contributed by atoms with Gasteiger partial charge in [-0.3, -0.25) is 0 Å². The number of hydrogen-bond acceptors (Lipinski definition) is 5. The van der Waals surface area contributed by atoms with Gasteiger partial charge in [0.2, 0.25) is 6.79 Å². The van der Waals surface area contributed by atoms with Gasteiger partial charge in [-0.25, -0.2) is 0 Å². The normalized spacial score (nSPS) is 12.3. The third-order valence-electron chi connectivity index (χ3n) is 3.68. The molecular weight excluding hydrogens is 294 g/mol. The van der Waals surface area contributed by atoms with Crippen LogP contribution in [0.4, 0.5) is 0 Å². The SMILES string of the molecule is CNCCCOc1cccc(-c2cc3c(cc2OC)OCO3)c1. The molecule has 0 aliphatic carbocycles. The van der Waals surface area contributed by atoms with Gasteiger partial charge in [-0.2, -0.15) is 0 Å². The number of ether oxygens (including phenoxy) is 4. The average Bonchev–Trinajstić information content (AvgIpc) is 3.05. The minimum Gasteiger partial charge on any atom is -0.496 e. The number of methoxy groups -OCH3 is 1. The highest BCUT2D eigenvalue weighted by atomic mass is 16.7. The first kappa shape index (κ1) is 15.5. The standard InChI is InChI=1S/C18H21NO4/c1-19-7-4-8-21-14-6-3-5-13(9-14)15-10-17-18(23-12-22-17)11-16(15)20-2/h3,5-6,9-11,19H,4,7-8,12H2,1-2H3. The Labute approximate surface area is 136 Å². The molecule has 0 bridgehead atoms. The summed E-state index contributed by atoms with van der Waals surface area (Å²) in [6, 6.07) is 11.8. The van der Waals surface area contributed by atoms with Crippen molar-refractivity contribution < 1.29 is 18.9 Å². The lowest BCUT2D eigenvalue weighted by Crippen LogP contribution is -2.11. The fourth-order valence-electron chi connectivity index (χ4n) is 2.51. The third kappa shape index (κ3) is 3.51. The Morgan fingerprint density at radius 2 is 1.96 bits per heavy atom. The largest absolute Gasteiger partial charge is 0.496 e. The highest BCUT2D eigenvalue weighted by molar-refractivity contribution is 5.75. The number of hydrogen-bond donors (Lipinski definition) is 1. The van der Waals surface area contributed by atoms with Gasteiger partial charge < -0.3 is 24.3 Å². The summed E-state index contributed by atoms with van der Waals surface area (Å²) in [5.41, 5.74) is 1.98. The van der Waals surface area contributed by atoms with Crippen molar-refractivity contribution in [3.05, 3.63) is 36.4 Å². The molecule has 5 heteroatoms. The Balaban J connectivity index is 1.84. The van der Waals surface area contributed by atoms with Gasteiger partial charge in [-0.15, -0.1) is 0 Å². The fourth-order valence-corrected chi connectivity index (χ4v) is 2.51. The van der Waals surface area contributed by atoms with Crippen molar-refractivity contribution in [2.45, 2.75) is 6.42 Å². The first-order valence-electron chi connectivity index (χ1n) is 7.67. The average molecular weight is 315 g/mol. The van der Waals surface area contributed by atoms with Gasteiger partial charge in [-0.1, -0.05) is 12.1 Å². The van der Waals surface area contributed by atoms with E-state index in [9.17, 15) is 0 Å². The van der Waals surface area contributed by atoms with Crippen molar-refractivity contribution in [1.29, 1.82) is 0 Å². The topological polar surface area (TPSA) is 49.0 Å². The summed E-state index contributed by atoms with van der Waals surface area (Å²) in [6.07, 6.45) is 0.966. The summed E-state index contributed by atoms with van der Waals surface area (Å²) >= 11 is 0. The van der Waals surface area contributed by atoms with Crippen LogP contribution in [0.2, 0.25) is 0 Å². The van der Waals surface area contributed by atoms with Gasteiger partial charge in [0.25, 0.3) is 0 Å². The predicted molar refractivity (Wildman–Crippen MR) is 88.6 cm³/mol. The molecule has 23 heavy (non-hydrogen) atoms. The number of fused-ring (bicyclic) bond motifs is 1. The first-order valence-corrected chi connectivity index (χ1v) is 7.67. The van der Waals surface area contributed by atoms with Gasteiger partial charge >= 0.3 is 0 Å². The molecule has 2 aromatic carbocycles. The van der Waals surface area contributed by atoms with Crippen LogP contribution in [0.1, 0.15) is 6.42 Å². The van der Waals surface area contributed by atoms with Crippen LogP contribution in [0.15, 0.2) is 36.4 Å². The first-order chi connectivity index (χ1) is 11.3. The van der Waals surface area contributed by atoms with E-state index in [1.165, 1.54) is 0 Å². The maximum Gasteiger partial charge on any atom is 0.231 e. The van der Waals surface area contributed by atoms with Crippen LogP contribution in [0.25, 0.3) is 11.1 Å². The zero-order valence-electron chi connectivity index (χ0n) is 13.4. The van der Waals surface area contributed by atoms with Crippen LogP contribution >= 0.6 is 0 Å². The van der Waals surface area contributed by atoms with Crippen molar-refractivity contribution in [2.24, 2.45) is 0 Å². The molecular formula is C18H21NO4. The second kappa shape index (κ2) is 7.24. The molecule has 1 aliphatic rings. The minimum absolute atomic E-state index is 0.247. The van der Waals surface area contributed by atoms with Gasteiger partial charge in [-0.05, 0) is 43.8 Å². The van der Waals surface area contributed by atoms with E-state index in [0.717, 1.165) is 41.3 Å². The van der Waals surface area contributed by atoms with E-state index in [1.807, 2.05) is 43.4 Å². The predicted octanol–water partition coefficient (Wildman–Crippen LogP) is 3.08. The molecule has 0 fully saturated rings. The lowest BCUT2D eigenvalue weighted by molar-refractivity contribution is 0.174. The summed E-state index contributed by atoms with van der Waals surface area (Å²) < 4.78 is 22.2. The quantitative estimate of drug-likeness (QED) is 0.796. The van der Waals surface area contributed by atoms with Crippen LogP contribution in [0, 0.1) is 0 Å². The molecule has 3 rings (SSSR count). The van der Waals surface area contributed by atoms with Gasteiger partial charge in [0.1, 0.15) is 11.5 Å². The maximum absolute atomic E-state index is 5.80. The van der Waals surface area contributed by atoms with E-state index in [4.69, 9.17) is 18.9 Å². The van der Waals surface area contributed by atoms with Crippen LogP contribution in [0.3, 0.4) is 0 Å². The molecule has 0 saturated heterocycles. The second-order valence-corrected chi connectivity index (χ2v) is 5.24. The van der Waals surface area contributed by atoms with Crippen molar-refractivity contribution in [1.82, 2.24) is 5.32 Å². The Morgan fingerprint density at radius 1 is 1.13 bits per heavy atom. The molecule has 0 amide bonds. The summed E-state index contributed by atoms with van der Waals surface area (Å²) in [5.74, 6) is 3.05. The number of rotatable bonds is 7. The van der Waals surface area contributed by atoms with Crippen molar-refractivity contribution >= 4 is 0 Å². The molecule has 0 spiro atoms. The summed E-state index contributed by atoms with van der Waals surface area (Å²) in [7, 11) is 3.59. The molecule has 0 saturated carbocycles. The lowest BCUT2D eigenvalue weighted by Gasteiger charge is -2.12. The second-order valence-electron chi connectivity index (χ2n) is 5.24. The van der Waals surface area contributed by atoms with E-state index < -0.39 is 0 Å². The highest BCUT2D eigenvalue weighted by Crippen LogP contribution is 2.42. The van der Waals surface area contributed by atoms with Crippen molar-refractivity contribution in [3.63, 3.8) is 0 Å². The summed E-state index contributed by atoms with van der Waals surface area (Å²) in [5, 5.41) is 3.11. The summed E-state index contributed by atoms with van der Waals surface area (Å²) in [4.78, 5) is 0. The van der Waals surface area contributed by atoms with Crippen LogP contribution in [-0.4, -0.2) is 34.1 Å². The Hall–Kier alpha value is -2.40. The Bertz CT molecular complexity index is 672. The van der Waals surface area contributed by atoms with Crippen LogP contribution in [0.5, 0.6) is 23.0 Å². The van der Waals surface area contributed by atoms with Crippen molar-refractivity contribution in [2.75, 3.05) is 34.1 Å². The molecule has 1 aliphatic heterocycles. The summed E-state index contributed by atoms with van der Waals surface area (Å²) in [6.45, 7) is 1.87. The van der Waals surface area contributed by atoms with Crippen molar-refractivity contribution in [3.8, 4) is 34.1 Å². The molecule has 0 atom stereocenters. The number of nitrogens with one attached hydrogen (secondary N) is 1. The van der Waals surface area contributed by atoms with E-state index in [-0.39, 0.29) is 6.79 Å². The number of benzene rings is 2.